The van der Waals surface area contributed by atoms with Crippen LogP contribution in [-0.2, 0) is 0 Å². The smallest absolute Gasteiger partial charge is 0.167 e. The van der Waals surface area contributed by atoms with Crippen LogP contribution in [0.4, 0.5) is 0 Å². The fraction of sp³-hybridized carbons (Fsp3) is 1.00. The molecule has 0 saturated carbocycles. The highest BCUT2D eigenvalue weighted by Gasteiger charge is 2.28. The third-order valence-electron chi connectivity index (χ3n) is 2.27. The summed E-state index contributed by atoms with van der Waals surface area (Å²) in [4.78, 5) is 2.16. The molecule has 0 bridgehead atoms. The number of aliphatic hydroxyl groups is 2. The summed E-state index contributed by atoms with van der Waals surface area (Å²) in [5.41, 5.74) is 0. The van der Waals surface area contributed by atoms with E-state index < -0.39 is 6.29 Å². The van der Waals surface area contributed by atoms with Crippen molar-refractivity contribution in [3.05, 3.63) is 0 Å². The maximum atomic E-state index is 8.96. The second kappa shape index (κ2) is 4.04. The molecule has 0 aromatic heterocycles. The molecule has 3 heteroatoms. The van der Waals surface area contributed by atoms with E-state index >= 15 is 0 Å². The number of rotatable bonds is 3. The van der Waals surface area contributed by atoms with E-state index in [4.69, 9.17) is 10.2 Å². The SMILES string of the molecule is CCCN1CCC[C@H]1C(O)O. The van der Waals surface area contributed by atoms with Crippen molar-refractivity contribution < 1.29 is 10.2 Å². The first-order valence-electron chi connectivity index (χ1n) is 4.36. The molecule has 0 amide bonds. The van der Waals surface area contributed by atoms with Crippen LogP contribution in [0.1, 0.15) is 26.2 Å². The quantitative estimate of drug-likeness (QED) is 0.577. The van der Waals surface area contributed by atoms with Crippen molar-refractivity contribution in [2.45, 2.75) is 38.5 Å². The van der Waals surface area contributed by atoms with E-state index in [-0.39, 0.29) is 6.04 Å². The van der Waals surface area contributed by atoms with Crippen molar-refractivity contribution in [3.63, 3.8) is 0 Å². The Kier molecular flexibility index (Phi) is 3.30. The minimum Gasteiger partial charge on any atom is -0.367 e. The molecule has 0 aliphatic carbocycles. The Morgan fingerprint density at radius 1 is 1.55 bits per heavy atom. The van der Waals surface area contributed by atoms with Crippen molar-refractivity contribution in [1.82, 2.24) is 4.90 Å². The minimum atomic E-state index is -1.15. The number of hydrogen-bond acceptors (Lipinski definition) is 3. The normalized spacial score (nSPS) is 26.7. The van der Waals surface area contributed by atoms with Crippen LogP contribution in [0, 0.1) is 0 Å². The summed E-state index contributed by atoms with van der Waals surface area (Å²) in [6.45, 7) is 4.12. The van der Waals surface area contributed by atoms with Crippen molar-refractivity contribution in [1.29, 1.82) is 0 Å². The predicted molar refractivity (Wildman–Crippen MR) is 43.1 cm³/mol. The third-order valence-corrected chi connectivity index (χ3v) is 2.27. The van der Waals surface area contributed by atoms with Gasteiger partial charge in [-0.3, -0.25) is 4.90 Å². The lowest BCUT2D eigenvalue weighted by Gasteiger charge is -2.24. The molecule has 0 spiro atoms. The number of likely N-dealkylation sites (tertiary alicyclic amines) is 1. The van der Waals surface area contributed by atoms with Crippen LogP contribution in [-0.4, -0.2) is 40.5 Å². The zero-order chi connectivity index (χ0) is 8.27. The van der Waals surface area contributed by atoms with E-state index in [0.29, 0.717) is 0 Å². The molecule has 2 N–H and O–H groups in total. The van der Waals surface area contributed by atoms with E-state index in [2.05, 4.69) is 11.8 Å². The first kappa shape index (κ1) is 8.97. The summed E-state index contributed by atoms with van der Waals surface area (Å²) >= 11 is 0. The molecule has 0 aromatic carbocycles. The Labute approximate surface area is 67.6 Å². The summed E-state index contributed by atoms with van der Waals surface area (Å²) in [7, 11) is 0. The molecule has 1 aliphatic heterocycles. The molecule has 3 nitrogen and oxygen atoms in total. The Hall–Kier alpha value is -0.120. The van der Waals surface area contributed by atoms with Gasteiger partial charge in [-0.2, -0.15) is 0 Å². The Morgan fingerprint density at radius 3 is 2.82 bits per heavy atom. The average Bonchev–Trinajstić information content (AvgIpc) is 2.36. The molecule has 1 rings (SSSR count). The zero-order valence-corrected chi connectivity index (χ0v) is 7.03. The molecule has 1 saturated heterocycles. The largest absolute Gasteiger partial charge is 0.367 e. The third kappa shape index (κ3) is 2.15. The van der Waals surface area contributed by atoms with Gasteiger partial charge in [0, 0.05) is 0 Å². The first-order valence-corrected chi connectivity index (χ1v) is 4.36. The fourth-order valence-corrected chi connectivity index (χ4v) is 1.75. The highest BCUT2D eigenvalue weighted by atomic mass is 16.5. The van der Waals surface area contributed by atoms with Gasteiger partial charge < -0.3 is 10.2 Å². The van der Waals surface area contributed by atoms with Gasteiger partial charge in [0.25, 0.3) is 0 Å². The van der Waals surface area contributed by atoms with Gasteiger partial charge in [0.1, 0.15) is 0 Å². The molecule has 1 fully saturated rings. The lowest BCUT2D eigenvalue weighted by molar-refractivity contribution is -0.0901. The monoisotopic (exact) mass is 159 g/mol. The Balaban J connectivity index is 2.37. The number of hydrogen-bond donors (Lipinski definition) is 2. The van der Waals surface area contributed by atoms with Gasteiger partial charge in [0.15, 0.2) is 6.29 Å². The predicted octanol–water partition coefficient (Wildman–Crippen LogP) is 0.172. The molecule has 1 aliphatic rings. The van der Waals surface area contributed by atoms with Gasteiger partial charge in [0.05, 0.1) is 6.04 Å². The fourth-order valence-electron chi connectivity index (χ4n) is 1.75. The molecule has 66 valence electrons. The van der Waals surface area contributed by atoms with Gasteiger partial charge in [-0.25, -0.2) is 0 Å². The van der Waals surface area contributed by atoms with Crippen LogP contribution in [0.25, 0.3) is 0 Å². The van der Waals surface area contributed by atoms with Gasteiger partial charge in [-0.1, -0.05) is 6.92 Å². The van der Waals surface area contributed by atoms with Gasteiger partial charge in [0.2, 0.25) is 0 Å². The average molecular weight is 159 g/mol. The lowest BCUT2D eigenvalue weighted by Crippen LogP contribution is -2.39. The van der Waals surface area contributed by atoms with Crippen LogP contribution >= 0.6 is 0 Å². The topological polar surface area (TPSA) is 43.7 Å². The summed E-state index contributed by atoms with van der Waals surface area (Å²) in [6, 6.07) is -0.00468. The summed E-state index contributed by atoms with van der Waals surface area (Å²) in [5, 5.41) is 17.9. The summed E-state index contributed by atoms with van der Waals surface area (Å²) in [6.07, 6.45) is 1.97. The van der Waals surface area contributed by atoms with Crippen molar-refractivity contribution in [2.24, 2.45) is 0 Å². The van der Waals surface area contributed by atoms with Gasteiger partial charge in [-0.15, -0.1) is 0 Å². The summed E-state index contributed by atoms with van der Waals surface area (Å²) in [5.74, 6) is 0. The standard InChI is InChI=1S/C8H17NO2/c1-2-5-9-6-3-4-7(9)8(10)11/h7-8,10-11H,2-6H2,1H3/t7-/m0/s1. The molecule has 0 unspecified atom stereocenters. The number of aliphatic hydroxyl groups excluding tert-OH is 1. The van der Waals surface area contributed by atoms with Gasteiger partial charge >= 0.3 is 0 Å². The highest BCUT2D eigenvalue weighted by Crippen LogP contribution is 2.18. The van der Waals surface area contributed by atoms with Crippen LogP contribution in [0.15, 0.2) is 0 Å². The maximum absolute atomic E-state index is 8.96. The van der Waals surface area contributed by atoms with Crippen LogP contribution in [0.5, 0.6) is 0 Å². The Morgan fingerprint density at radius 2 is 2.27 bits per heavy atom. The van der Waals surface area contributed by atoms with Crippen molar-refractivity contribution in [2.75, 3.05) is 13.1 Å². The van der Waals surface area contributed by atoms with E-state index in [1.807, 2.05) is 0 Å². The Bertz CT molecular complexity index is 117. The van der Waals surface area contributed by atoms with E-state index in [0.717, 1.165) is 32.4 Å². The second-order valence-corrected chi connectivity index (χ2v) is 3.16. The first-order chi connectivity index (χ1) is 5.25. The van der Waals surface area contributed by atoms with Crippen LogP contribution < -0.4 is 0 Å². The molecule has 0 aromatic rings. The van der Waals surface area contributed by atoms with E-state index in [1.54, 1.807) is 0 Å². The zero-order valence-electron chi connectivity index (χ0n) is 7.03. The highest BCUT2D eigenvalue weighted by molar-refractivity contribution is 4.79. The van der Waals surface area contributed by atoms with E-state index in [9.17, 15) is 0 Å². The molecular weight excluding hydrogens is 142 g/mol. The molecule has 0 radical (unpaired) electrons. The lowest BCUT2D eigenvalue weighted by atomic mass is 10.2. The molecular formula is C8H17NO2. The van der Waals surface area contributed by atoms with E-state index in [1.165, 1.54) is 0 Å². The number of nitrogens with zero attached hydrogens (tertiary/aromatic N) is 1. The summed E-state index contributed by atoms with van der Waals surface area (Å²) < 4.78 is 0. The van der Waals surface area contributed by atoms with Gasteiger partial charge in [-0.05, 0) is 32.4 Å². The second-order valence-electron chi connectivity index (χ2n) is 3.16. The minimum absolute atomic E-state index is 0.00468. The van der Waals surface area contributed by atoms with Crippen LogP contribution in [0.2, 0.25) is 0 Å². The van der Waals surface area contributed by atoms with Crippen molar-refractivity contribution >= 4 is 0 Å². The molecule has 1 heterocycles. The molecule has 11 heavy (non-hydrogen) atoms. The van der Waals surface area contributed by atoms with Crippen molar-refractivity contribution in [3.8, 4) is 0 Å². The van der Waals surface area contributed by atoms with Crippen LogP contribution in [0.3, 0.4) is 0 Å². The maximum Gasteiger partial charge on any atom is 0.167 e. The molecule has 1 atom stereocenters.